The fraction of sp³-hybridized carbons (Fsp3) is 0.478. The molecule has 0 bridgehead atoms. The summed E-state index contributed by atoms with van der Waals surface area (Å²) >= 11 is 0. The molecule has 2 fully saturated rings. The zero-order valence-electron chi connectivity index (χ0n) is 18.3. The number of nitrogens with one attached hydrogen (secondary N) is 1. The summed E-state index contributed by atoms with van der Waals surface area (Å²) in [5, 5.41) is 13.1. The first-order chi connectivity index (χ1) is 16.2. The molecule has 1 aromatic carbocycles. The van der Waals surface area contributed by atoms with Crippen LogP contribution in [0.3, 0.4) is 0 Å². The number of anilines is 1. The molecule has 2 aliphatic heterocycles. The molecule has 0 spiro atoms. The number of carbonyl (C=O) groups excluding carboxylic acids is 1. The molecule has 2 aromatic rings. The average molecular weight is 477 g/mol. The first-order valence-electron chi connectivity index (χ1n) is 11.1. The highest BCUT2D eigenvalue weighted by Gasteiger charge is 2.42. The van der Waals surface area contributed by atoms with Crippen LogP contribution < -0.4 is 5.32 Å². The van der Waals surface area contributed by atoms with E-state index in [9.17, 15) is 27.5 Å². The lowest BCUT2D eigenvalue weighted by Gasteiger charge is -2.27. The molecule has 2 N–H and O–H groups in total. The van der Waals surface area contributed by atoms with E-state index < -0.39 is 48.1 Å². The number of carbonyl (C=O) groups is 1. The summed E-state index contributed by atoms with van der Waals surface area (Å²) in [6.45, 7) is 1.30. The zero-order chi connectivity index (χ0) is 24.1. The summed E-state index contributed by atoms with van der Waals surface area (Å²) in [4.78, 5) is 27.5. The third-order valence-corrected chi connectivity index (χ3v) is 6.76. The van der Waals surface area contributed by atoms with E-state index >= 15 is 0 Å². The van der Waals surface area contributed by atoms with E-state index in [1.807, 2.05) is 0 Å². The predicted octanol–water partition coefficient (Wildman–Crippen LogP) is 2.95. The normalized spacial score (nSPS) is 28.2. The topological polar surface area (TPSA) is 90.7 Å². The number of rotatable bonds is 4. The van der Waals surface area contributed by atoms with Gasteiger partial charge in [0.2, 0.25) is 0 Å². The lowest BCUT2D eigenvalue weighted by molar-refractivity contribution is -0.125. The van der Waals surface area contributed by atoms with Crippen LogP contribution in [-0.4, -0.2) is 62.6 Å². The quantitative estimate of drug-likeness (QED) is 0.661. The van der Waals surface area contributed by atoms with Gasteiger partial charge < -0.3 is 15.3 Å². The molecular formula is C23H23F4N5O2. The van der Waals surface area contributed by atoms with Gasteiger partial charge in [0.05, 0.1) is 42.5 Å². The number of aromatic nitrogens is 2. The molecule has 0 radical (unpaired) electrons. The molecule has 34 heavy (non-hydrogen) atoms. The largest absolute Gasteiger partial charge is 0.391 e. The minimum absolute atomic E-state index is 0.00170. The second-order valence-corrected chi connectivity index (χ2v) is 9.00. The SMILES string of the molecule is Cc1c(F)cc(F)cc1[C@H]1C[C@H](F)CN1C(=O)C1=NCc2ncnc(N[C@@H]3C[C@@H](F)C[C@H]3O)c21. The number of likely N-dealkylation sites (tertiary alicyclic amines) is 1. The molecule has 1 saturated heterocycles. The number of hydrogen-bond acceptors (Lipinski definition) is 6. The van der Waals surface area contributed by atoms with E-state index in [4.69, 9.17) is 0 Å². The Balaban J connectivity index is 1.47. The van der Waals surface area contributed by atoms with Crippen LogP contribution in [0.1, 0.15) is 47.7 Å². The zero-order valence-corrected chi connectivity index (χ0v) is 18.3. The number of halogens is 4. The average Bonchev–Trinajstić information content (AvgIpc) is 3.47. The van der Waals surface area contributed by atoms with Crippen LogP contribution >= 0.6 is 0 Å². The molecular weight excluding hydrogens is 454 g/mol. The van der Waals surface area contributed by atoms with Crippen molar-refractivity contribution in [3.63, 3.8) is 0 Å². The predicted molar refractivity (Wildman–Crippen MR) is 115 cm³/mol. The standard InChI is InChI=1S/C23H23F4N5O2/c1-10-14(2-11(24)3-15(10)27)18-5-13(26)8-32(18)23(34)21-20-17(7-28-21)29-9-30-22(20)31-16-4-12(25)6-19(16)33/h2-3,9,12-13,16,18-19,33H,4-8H2,1H3,(H,29,30,31)/t12-,13+,16-,18-,19-/m1/s1. The minimum Gasteiger partial charge on any atom is -0.391 e. The lowest BCUT2D eigenvalue weighted by Crippen LogP contribution is -2.38. The summed E-state index contributed by atoms with van der Waals surface area (Å²) in [5.41, 5.74) is 1.12. The number of hydrogen-bond donors (Lipinski definition) is 2. The van der Waals surface area contributed by atoms with Crippen LogP contribution in [0.2, 0.25) is 0 Å². The molecule has 3 aliphatic rings. The van der Waals surface area contributed by atoms with Crippen LogP contribution in [0, 0.1) is 18.6 Å². The number of aliphatic imine (C=N–C) groups is 1. The molecule has 1 aliphatic carbocycles. The van der Waals surface area contributed by atoms with Gasteiger partial charge in [0.15, 0.2) is 0 Å². The van der Waals surface area contributed by atoms with Gasteiger partial charge in [-0.25, -0.2) is 27.5 Å². The molecule has 5 atom stereocenters. The maximum Gasteiger partial charge on any atom is 0.273 e. The van der Waals surface area contributed by atoms with Crippen molar-refractivity contribution < 1.29 is 27.5 Å². The summed E-state index contributed by atoms with van der Waals surface area (Å²) in [7, 11) is 0. The van der Waals surface area contributed by atoms with Crippen LogP contribution in [0.4, 0.5) is 23.4 Å². The first kappa shape index (κ1) is 22.7. The van der Waals surface area contributed by atoms with Crippen molar-refractivity contribution in [1.29, 1.82) is 0 Å². The van der Waals surface area contributed by atoms with Gasteiger partial charge in [-0.3, -0.25) is 9.79 Å². The van der Waals surface area contributed by atoms with E-state index in [1.165, 1.54) is 18.2 Å². The van der Waals surface area contributed by atoms with Crippen molar-refractivity contribution in [3.05, 3.63) is 52.5 Å². The maximum atomic E-state index is 14.5. The summed E-state index contributed by atoms with van der Waals surface area (Å²) in [6.07, 6.45) is -2.17. The second-order valence-electron chi connectivity index (χ2n) is 9.00. The minimum atomic E-state index is -1.37. The molecule has 1 amide bonds. The van der Waals surface area contributed by atoms with Gasteiger partial charge in [-0.15, -0.1) is 0 Å². The number of nitrogens with zero attached hydrogens (tertiary/aromatic N) is 4. The Bertz CT molecular complexity index is 1180. The Labute approximate surface area is 192 Å². The number of benzene rings is 1. The highest BCUT2D eigenvalue weighted by molar-refractivity contribution is 6.47. The monoisotopic (exact) mass is 477 g/mol. The van der Waals surface area contributed by atoms with E-state index in [2.05, 4.69) is 20.3 Å². The fourth-order valence-corrected chi connectivity index (χ4v) is 5.05. The molecule has 7 nitrogen and oxygen atoms in total. The van der Waals surface area contributed by atoms with Crippen molar-refractivity contribution >= 4 is 17.4 Å². The van der Waals surface area contributed by atoms with Crippen LogP contribution in [0.5, 0.6) is 0 Å². The van der Waals surface area contributed by atoms with E-state index in [1.54, 1.807) is 0 Å². The van der Waals surface area contributed by atoms with Gasteiger partial charge in [0.1, 0.15) is 41.8 Å². The van der Waals surface area contributed by atoms with Crippen molar-refractivity contribution in [2.75, 3.05) is 11.9 Å². The van der Waals surface area contributed by atoms with Crippen LogP contribution in [-0.2, 0) is 11.3 Å². The third kappa shape index (κ3) is 3.91. The Kier molecular flexibility index (Phi) is 5.75. The smallest absolute Gasteiger partial charge is 0.273 e. The number of aliphatic hydroxyl groups is 1. The van der Waals surface area contributed by atoms with Gasteiger partial charge in [-0.05, 0) is 24.1 Å². The van der Waals surface area contributed by atoms with Gasteiger partial charge >= 0.3 is 0 Å². The van der Waals surface area contributed by atoms with Crippen molar-refractivity contribution in [3.8, 4) is 0 Å². The van der Waals surface area contributed by atoms with E-state index in [0.717, 1.165) is 12.1 Å². The number of fused-ring (bicyclic) bond motifs is 1. The van der Waals surface area contributed by atoms with Crippen molar-refractivity contribution in [2.24, 2.45) is 4.99 Å². The van der Waals surface area contributed by atoms with Gasteiger partial charge in [-0.1, -0.05) is 0 Å². The van der Waals surface area contributed by atoms with Gasteiger partial charge in [-0.2, -0.15) is 0 Å². The van der Waals surface area contributed by atoms with E-state index in [-0.39, 0.29) is 55.0 Å². The van der Waals surface area contributed by atoms with Crippen LogP contribution in [0.25, 0.3) is 0 Å². The summed E-state index contributed by atoms with van der Waals surface area (Å²) in [6, 6.07) is 0.401. The number of aliphatic hydroxyl groups excluding tert-OH is 1. The maximum absolute atomic E-state index is 14.5. The Morgan fingerprint density at radius 3 is 2.68 bits per heavy atom. The fourth-order valence-electron chi connectivity index (χ4n) is 5.05. The lowest BCUT2D eigenvalue weighted by atomic mass is 9.97. The molecule has 180 valence electrons. The molecule has 1 aromatic heterocycles. The second kappa shape index (κ2) is 8.61. The molecule has 5 rings (SSSR count). The number of alkyl halides is 2. The molecule has 3 heterocycles. The number of amides is 1. The Morgan fingerprint density at radius 1 is 1.15 bits per heavy atom. The first-order valence-corrected chi connectivity index (χ1v) is 11.1. The Morgan fingerprint density at radius 2 is 1.94 bits per heavy atom. The van der Waals surface area contributed by atoms with E-state index in [0.29, 0.717) is 11.3 Å². The highest BCUT2D eigenvalue weighted by atomic mass is 19.1. The molecule has 0 unspecified atom stereocenters. The Hall–Kier alpha value is -3.08. The molecule has 11 heteroatoms. The van der Waals surface area contributed by atoms with Crippen LogP contribution in [0.15, 0.2) is 23.5 Å². The van der Waals surface area contributed by atoms with Crippen molar-refractivity contribution in [2.45, 2.75) is 63.3 Å². The van der Waals surface area contributed by atoms with Gasteiger partial charge in [0.25, 0.3) is 5.91 Å². The highest BCUT2D eigenvalue weighted by Crippen LogP contribution is 2.38. The summed E-state index contributed by atoms with van der Waals surface area (Å²) < 4.78 is 56.4. The molecule has 1 saturated carbocycles. The van der Waals surface area contributed by atoms with Crippen molar-refractivity contribution in [1.82, 2.24) is 14.9 Å². The van der Waals surface area contributed by atoms with Gasteiger partial charge in [0, 0.05) is 25.3 Å². The summed E-state index contributed by atoms with van der Waals surface area (Å²) in [5.74, 6) is -1.96. The third-order valence-electron chi connectivity index (χ3n) is 6.76.